The van der Waals surface area contributed by atoms with E-state index in [1.165, 1.54) is 5.56 Å². The Bertz CT molecular complexity index is 913. The van der Waals surface area contributed by atoms with Gasteiger partial charge in [-0.2, -0.15) is 0 Å². The van der Waals surface area contributed by atoms with Crippen molar-refractivity contribution in [2.24, 2.45) is 5.41 Å². The lowest BCUT2D eigenvalue weighted by Crippen LogP contribution is -2.76. The Morgan fingerprint density at radius 3 is 2.92 bits per heavy atom. The Labute approximate surface area is 151 Å². The molecule has 6 heteroatoms. The summed E-state index contributed by atoms with van der Waals surface area (Å²) in [7, 11) is 0. The maximum atomic E-state index is 13.4. The molecule has 3 fully saturated rings. The first-order valence-corrected chi connectivity index (χ1v) is 9.54. The van der Waals surface area contributed by atoms with Crippen molar-refractivity contribution >= 4 is 11.6 Å². The number of aliphatic hydroxyl groups is 1. The Balaban J connectivity index is 1.53. The average molecular weight is 352 g/mol. The van der Waals surface area contributed by atoms with Crippen LogP contribution in [0.4, 0.5) is 5.69 Å². The summed E-state index contributed by atoms with van der Waals surface area (Å²) in [5, 5.41) is 11.1. The Kier molecular flexibility index (Phi) is 2.22. The van der Waals surface area contributed by atoms with Crippen LogP contribution in [0.15, 0.2) is 24.3 Å². The van der Waals surface area contributed by atoms with Gasteiger partial charge in [-0.25, -0.2) is 0 Å². The maximum Gasteiger partial charge on any atom is 0.257 e. The van der Waals surface area contributed by atoms with Crippen LogP contribution in [0, 0.1) is 5.41 Å². The molecule has 134 valence electrons. The third-order valence-electron chi connectivity index (χ3n) is 7.90. The minimum Gasteiger partial charge on any atom is -0.454 e. The number of amides is 1. The van der Waals surface area contributed by atoms with E-state index in [-0.39, 0.29) is 24.3 Å². The minimum absolute atomic E-state index is 0.144. The number of benzene rings is 1. The molecule has 1 aliphatic carbocycles. The van der Waals surface area contributed by atoms with Crippen molar-refractivity contribution in [3.8, 4) is 11.5 Å². The summed E-state index contributed by atoms with van der Waals surface area (Å²) in [4.78, 5) is 17.9. The zero-order chi connectivity index (χ0) is 17.3. The van der Waals surface area contributed by atoms with E-state index in [1.54, 1.807) is 0 Å². The minimum atomic E-state index is -0.975. The van der Waals surface area contributed by atoms with Gasteiger partial charge in [0.15, 0.2) is 11.5 Å². The molecule has 6 aliphatic rings. The molecule has 1 aromatic rings. The summed E-state index contributed by atoms with van der Waals surface area (Å²) in [6.07, 6.45) is 6.17. The molecule has 7 rings (SSSR count). The molecule has 1 spiro atoms. The topological polar surface area (TPSA) is 62.2 Å². The molecule has 1 N–H and O–H groups in total. The van der Waals surface area contributed by atoms with Crippen LogP contribution in [-0.4, -0.2) is 53.5 Å². The van der Waals surface area contributed by atoms with Gasteiger partial charge in [0.25, 0.3) is 5.91 Å². The molecule has 2 saturated heterocycles. The zero-order valence-corrected chi connectivity index (χ0v) is 14.4. The van der Waals surface area contributed by atoms with Crippen molar-refractivity contribution in [3.63, 3.8) is 0 Å². The molecule has 26 heavy (non-hydrogen) atoms. The summed E-state index contributed by atoms with van der Waals surface area (Å²) in [5.74, 6) is 1.65. The van der Waals surface area contributed by atoms with Gasteiger partial charge >= 0.3 is 0 Å². The molecule has 2 bridgehead atoms. The van der Waals surface area contributed by atoms with E-state index < -0.39 is 11.5 Å². The first kappa shape index (κ1) is 14.1. The number of piperidine rings is 2. The lowest BCUT2D eigenvalue weighted by Gasteiger charge is -2.60. The van der Waals surface area contributed by atoms with Crippen molar-refractivity contribution in [1.29, 1.82) is 0 Å². The van der Waals surface area contributed by atoms with E-state index in [0.717, 1.165) is 43.8 Å². The molecule has 6 nitrogen and oxygen atoms in total. The third-order valence-corrected chi connectivity index (χ3v) is 7.90. The molecular weight excluding hydrogens is 332 g/mol. The lowest BCUT2D eigenvalue weighted by molar-refractivity contribution is -0.145. The molecule has 0 aromatic heterocycles. The number of hydrogen-bond acceptors (Lipinski definition) is 5. The molecule has 5 heterocycles. The second kappa shape index (κ2) is 4.10. The Hall–Kier alpha value is -2.05. The van der Waals surface area contributed by atoms with E-state index >= 15 is 0 Å². The quantitative estimate of drug-likeness (QED) is 0.715. The standard InChI is InChI=1S/C20H20N2O4/c23-16-17(24)22-13-9-15-14(25-10-26-15)8-11(13)12-2-7-21-6-1-3-19(16)4-5-20(12,22)18(19)21/h1,3,8-9,12,16,18,23H,2,4-7,10H2/t12-,16-,18+,19-,20+/m0/s1. The van der Waals surface area contributed by atoms with E-state index in [0.29, 0.717) is 11.7 Å². The predicted molar refractivity (Wildman–Crippen MR) is 92.3 cm³/mol. The van der Waals surface area contributed by atoms with Crippen LogP contribution < -0.4 is 14.4 Å². The molecule has 1 amide bonds. The van der Waals surface area contributed by atoms with E-state index in [1.807, 2.05) is 11.0 Å². The summed E-state index contributed by atoms with van der Waals surface area (Å²) in [6, 6.07) is 4.24. The molecular formula is C20H20N2O4. The summed E-state index contributed by atoms with van der Waals surface area (Å²) in [6.45, 7) is 2.15. The van der Waals surface area contributed by atoms with Crippen LogP contribution in [0.2, 0.25) is 0 Å². The van der Waals surface area contributed by atoms with Gasteiger partial charge in [-0.05, 0) is 37.4 Å². The molecule has 5 aliphatic heterocycles. The molecule has 5 atom stereocenters. The number of carbonyl (C=O) groups is 1. The normalized spacial score (nSPS) is 43.7. The lowest BCUT2D eigenvalue weighted by atomic mass is 9.62. The van der Waals surface area contributed by atoms with Crippen molar-refractivity contribution < 1.29 is 19.4 Å². The van der Waals surface area contributed by atoms with Gasteiger partial charge in [0.1, 0.15) is 6.10 Å². The van der Waals surface area contributed by atoms with Crippen LogP contribution in [0.5, 0.6) is 11.5 Å². The van der Waals surface area contributed by atoms with Gasteiger partial charge in [-0.1, -0.05) is 12.2 Å². The molecule has 1 saturated carbocycles. The number of anilines is 1. The van der Waals surface area contributed by atoms with E-state index in [9.17, 15) is 9.90 Å². The highest BCUT2D eigenvalue weighted by molar-refractivity contribution is 6.04. The second-order valence-electron chi connectivity index (χ2n) is 8.59. The van der Waals surface area contributed by atoms with Crippen LogP contribution >= 0.6 is 0 Å². The second-order valence-corrected chi connectivity index (χ2v) is 8.59. The van der Waals surface area contributed by atoms with Gasteiger partial charge < -0.3 is 19.5 Å². The highest BCUT2D eigenvalue weighted by Gasteiger charge is 2.75. The predicted octanol–water partition coefficient (Wildman–Crippen LogP) is 1.38. The maximum absolute atomic E-state index is 13.4. The van der Waals surface area contributed by atoms with Gasteiger partial charge in [-0.3, -0.25) is 9.69 Å². The van der Waals surface area contributed by atoms with E-state index in [4.69, 9.17) is 9.47 Å². The number of carbonyl (C=O) groups excluding carboxylic acids is 1. The number of nitrogens with zero attached hydrogens (tertiary/aromatic N) is 2. The number of aliphatic hydroxyl groups excluding tert-OH is 1. The van der Waals surface area contributed by atoms with Crippen LogP contribution in [-0.2, 0) is 4.79 Å². The van der Waals surface area contributed by atoms with Crippen molar-refractivity contribution in [2.75, 3.05) is 24.8 Å². The molecule has 1 aromatic carbocycles. The van der Waals surface area contributed by atoms with Crippen molar-refractivity contribution in [2.45, 2.75) is 42.9 Å². The smallest absolute Gasteiger partial charge is 0.257 e. The van der Waals surface area contributed by atoms with Crippen molar-refractivity contribution in [3.05, 3.63) is 29.8 Å². The van der Waals surface area contributed by atoms with E-state index in [2.05, 4.69) is 23.1 Å². The van der Waals surface area contributed by atoms with Gasteiger partial charge in [0, 0.05) is 30.0 Å². The van der Waals surface area contributed by atoms with Crippen LogP contribution in [0.3, 0.4) is 0 Å². The monoisotopic (exact) mass is 352 g/mol. The fraction of sp³-hybridized carbons (Fsp3) is 0.550. The highest BCUT2D eigenvalue weighted by Crippen LogP contribution is 2.69. The number of hydrogen-bond donors (Lipinski definition) is 1. The Morgan fingerprint density at radius 1 is 1.19 bits per heavy atom. The number of ether oxygens (including phenoxy) is 2. The van der Waals surface area contributed by atoms with Gasteiger partial charge in [0.2, 0.25) is 6.79 Å². The molecule has 0 radical (unpaired) electrons. The third kappa shape index (κ3) is 1.22. The summed E-state index contributed by atoms with van der Waals surface area (Å²) in [5.41, 5.74) is 1.45. The number of rotatable bonds is 0. The van der Waals surface area contributed by atoms with Crippen molar-refractivity contribution in [1.82, 2.24) is 4.90 Å². The Morgan fingerprint density at radius 2 is 2.04 bits per heavy atom. The van der Waals surface area contributed by atoms with Gasteiger partial charge in [0.05, 0.1) is 11.2 Å². The zero-order valence-electron chi connectivity index (χ0n) is 14.4. The number of fused-ring (bicyclic) bond motifs is 4. The van der Waals surface area contributed by atoms with Gasteiger partial charge in [-0.15, -0.1) is 0 Å². The fourth-order valence-electron chi connectivity index (χ4n) is 7.14. The van der Waals surface area contributed by atoms with Crippen LogP contribution in [0.25, 0.3) is 0 Å². The highest BCUT2D eigenvalue weighted by atomic mass is 16.7. The van der Waals surface area contributed by atoms with Crippen LogP contribution in [0.1, 0.15) is 30.7 Å². The SMILES string of the molecule is O=C1[C@H](O)[C@]23C=CCN4CC[C@H]5c6cc7c(cc6N1[C@@]5(CC2)[C@H]43)OCO7. The average Bonchev–Trinajstić information content (AvgIpc) is 3.31. The largest absolute Gasteiger partial charge is 0.454 e. The first-order chi connectivity index (χ1) is 12.7. The summed E-state index contributed by atoms with van der Waals surface area (Å²) >= 11 is 0. The fourth-order valence-corrected chi connectivity index (χ4v) is 7.14. The molecule has 0 unspecified atom stereocenters. The summed E-state index contributed by atoms with van der Waals surface area (Å²) < 4.78 is 11.2. The first-order valence-electron chi connectivity index (χ1n) is 9.54.